The lowest BCUT2D eigenvalue weighted by Crippen LogP contribution is -2.13. The molecule has 0 radical (unpaired) electrons. The summed E-state index contributed by atoms with van der Waals surface area (Å²) in [7, 11) is 1.39. The Morgan fingerprint density at radius 3 is 2.62 bits per heavy atom. The van der Waals surface area contributed by atoms with Gasteiger partial charge in [-0.15, -0.1) is 0 Å². The molecule has 0 aliphatic heterocycles. The van der Waals surface area contributed by atoms with Crippen molar-refractivity contribution < 1.29 is 18.6 Å². The van der Waals surface area contributed by atoms with E-state index in [9.17, 15) is 13.9 Å². The molecule has 0 bridgehead atoms. The van der Waals surface area contributed by atoms with E-state index in [2.05, 4.69) is 0 Å². The van der Waals surface area contributed by atoms with Gasteiger partial charge in [-0.2, -0.15) is 0 Å². The molecule has 1 aliphatic rings. The second-order valence-corrected chi connectivity index (χ2v) is 4.33. The Morgan fingerprint density at radius 1 is 1.38 bits per heavy atom. The predicted octanol–water partition coefficient (Wildman–Crippen LogP) is 2.18. The second kappa shape index (κ2) is 4.11. The van der Waals surface area contributed by atoms with Crippen molar-refractivity contribution in [3.8, 4) is 0 Å². The van der Waals surface area contributed by atoms with Gasteiger partial charge in [0.1, 0.15) is 11.6 Å². The van der Waals surface area contributed by atoms with Crippen molar-refractivity contribution in [3.05, 3.63) is 34.9 Å². The zero-order valence-electron chi connectivity index (χ0n) is 9.09. The standard InChI is InChI=1S/C12H14F2O2/c1-16-7-9-10(13)3-2-8(11(9)14)6-12(15)4-5-12/h2-3,15H,4-7H2,1H3. The average molecular weight is 228 g/mol. The van der Waals surface area contributed by atoms with Gasteiger partial charge in [-0.25, -0.2) is 8.78 Å². The summed E-state index contributed by atoms with van der Waals surface area (Å²) >= 11 is 0. The summed E-state index contributed by atoms with van der Waals surface area (Å²) < 4.78 is 31.9. The summed E-state index contributed by atoms with van der Waals surface area (Å²) in [6, 6.07) is 2.61. The fourth-order valence-corrected chi connectivity index (χ4v) is 1.73. The van der Waals surface area contributed by atoms with E-state index in [0.717, 1.165) is 0 Å². The number of ether oxygens (including phenoxy) is 1. The molecule has 16 heavy (non-hydrogen) atoms. The minimum atomic E-state index is -0.775. The van der Waals surface area contributed by atoms with E-state index in [4.69, 9.17) is 4.74 Å². The van der Waals surface area contributed by atoms with Crippen molar-refractivity contribution in [1.82, 2.24) is 0 Å². The molecule has 0 heterocycles. The van der Waals surface area contributed by atoms with Crippen molar-refractivity contribution in [2.75, 3.05) is 7.11 Å². The highest BCUT2D eigenvalue weighted by atomic mass is 19.1. The molecular formula is C12H14F2O2. The first-order chi connectivity index (χ1) is 7.56. The summed E-state index contributed by atoms with van der Waals surface area (Å²) in [5.74, 6) is -1.20. The lowest BCUT2D eigenvalue weighted by Gasteiger charge is -2.11. The van der Waals surface area contributed by atoms with E-state index in [1.807, 2.05) is 0 Å². The van der Waals surface area contributed by atoms with Gasteiger partial charge in [0.2, 0.25) is 0 Å². The highest BCUT2D eigenvalue weighted by Gasteiger charge is 2.41. The molecule has 0 aromatic heterocycles. The van der Waals surface area contributed by atoms with Crippen LogP contribution in [-0.4, -0.2) is 17.8 Å². The zero-order chi connectivity index (χ0) is 11.8. The maximum Gasteiger partial charge on any atom is 0.134 e. The molecule has 2 rings (SSSR count). The number of hydrogen-bond donors (Lipinski definition) is 1. The second-order valence-electron chi connectivity index (χ2n) is 4.33. The van der Waals surface area contributed by atoms with Crippen LogP contribution in [0.15, 0.2) is 12.1 Å². The molecule has 1 aromatic rings. The third kappa shape index (κ3) is 2.23. The zero-order valence-corrected chi connectivity index (χ0v) is 9.09. The van der Waals surface area contributed by atoms with Gasteiger partial charge in [-0.1, -0.05) is 6.07 Å². The molecule has 0 saturated heterocycles. The Balaban J connectivity index is 2.28. The molecule has 0 spiro atoms. The highest BCUT2D eigenvalue weighted by molar-refractivity contribution is 5.29. The number of hydrogen-bond acceptors (Lipinski definition) is 2. The average Bonchev–Trinajstić information content (AvgIpc) is 2.96. The van der Waals surface area contributed by atoms with Crippen molar-refractivity contribution >= 4 is 0 Å². The SMILES string of the molecule is COCc1c(F)ccc(CC2(O)CC2)c1F. The van der Waals surface area contributed by atoms with Gasteiger partial charge in [0, 0.05) is 19.1 Å². The quantitative estimate of drug-likeness (QED) is 0.855. The minimum Gasteiger partial charge on any atom is -0.390 e. The molecule has 1 N–H and O–H groups in total. The fourth-order valence-electron chi connectivity index (χ4n) is 1.73. The summed E-state index contributed by atoms with van der Waals surface area (Å²) in [4.78, 5) is 0. The van der Waals surface area contributed by atoms with Crippen LogP contribution < -0.4 is 0 Å². The smallest absolute Gasteiger partial charge is 0.134 e. The number of halogens is 2. The van der Waals surface area contributed by atoms with Gasteiger partial charge in [0.05, 0.1) is 12.2 Å². The van der Waals surface area contributed by atoms with Crippen LogP contribution in [0.5, 0.6) is 0 Å². The van der Waals surface area contributed by atoms with E-state index >= 15 is 0 Å². The molecule has 1 aliphatic carbocycles. The van der Waals surface area contributed by atoms with Crippen LogP contribution in [0, 0.1) is 11.6 Å². The van der Waals surface area contributed by atoms with Crippen molar-refractivity contribution in [2.45, 2.75) is 31.5 Å². The Kier molecular flexibility index (Phi) is 2.95. The predicted molar refractivity (Wildman–Crippen MR) is 55.0 cm³/mol. The maximum absolute atomic E-state index is 13.8. The van der Waals surface area contributed by atoms with Crippen LogP contribution in [0.25, 0.3) is 0 Å². The van der Waals surface area contributed by atoms with Crippen molar-refractivity contribution in [2.24, 2.45) is 0 Å². The third-order valence-electron chi connectivity index (χ3n) is 2.90. The molecule has 0 amide bonds. The Morgan fingerprint density at radius 2 is 2.06 bits per heavy atom. The van der Waals surface area contributed by atoms with Gasteiger partial charge in [-0.05, 0) is 24.5 Å². The van der Waals surface area contributed by atoms with Gasteiger partial charge in [0.25, 0.3) is 0 Å². The maximum atomic E-state index is 13.8. The van der Waals surface area contributed by atoms with Crippen LogP contribution in [0.2, 0.25) is 0 Å². The minimum absolute atomic E-state index is 0.0655. The largest absolute Gasteiger partial charge is 0.390 e. The van der Waals surface area contributed by atoms with E-state index in [1.165, 1.54) is 19.2 Å². The van der Waals surface area contributed by atoms with E-state index < -0.39 is 17.2 Å². The first kappa shape index (κ1) is 11.5. The topological polar surface area (TPSA) is 29.5 Å². The van der Waals surface area contributed by atoms with Gasteiger partial charge < -0.3 is 9.84 Å². The molecule has 1 saturated carbocycles. The van der Waals surface area contributed by atoms with Crippen LogP contribution in [-0.2, 0) is 17.8 Å². The lowest BCUT2D eigenvalue weighted by atomic mass is 10.0. The summed E-state index contributed by atoms with van der Waals surface area (Å²) in [6.45, 7) is -0.0933. The molecule has 1 aromatic carbocycles. The number of rotatable bonds is 4. The number of methoxy groups -OCH3 is 1. The first-order valence-corrected chi connectivity index (χ1v) is 5.23. The van der Waals surface area contributed by atoms with Gasteiger partial charge >= 0.3 is 0 Å². The Bertz CT molecular complexity index is 400. The molecule has 2 nitrogen and oxygen atoms in total. The molecule has 0 atom stereocenters. The Labute approximate surface area is 92.9 Å². The number of aliphatic hydroxyl groups is 1. The fraction of sp³-hybridized carbons (Fsp3) is 0.500. The van der Waals surface area contributed by atoms with E-state index in [1.54, 1.807) is 0 Å². The third-order valence-corrected chi connectivity index (χ3v) is 2.90. The summed E-state index contributed by atoms with van der Waals surface area (Å²) in [5, 5.41) is 9.71. The first-order valence-electron chi connectivity index (χ1n) is 5.23. The summed E-state index contributed by atoms with van der Waals surface area (Å²) in [5.41, 5.74) is -0.485. The van der Waals surface area contributed by atoms with Gasteiger partial charge in [-0.3, -0.25) is 0 Å². The number of benzene rings is 1. The molecule has 1 fully saturated rings. The van der Waals surface area contributed by atoms with Crippen LogP contribution in [0.4, 0.5) is 8.78 Å². The van der Waals surface area contributed by atoms with Crippen LogP contribution >= 0.6 is 0 Å². The molecule has 88 valence electrons. The van der Waals surface area contributed by atoms with Crippen molar-refractivity contribution in [3.63, 3.8) is 0 Å². The van der Waals surface area contributed by atoms with Crippen LogP contribution in [0.1, 0.15) is 24.0 Å². The molecule has 0 unspecified atom stereocenters. The highest BCUT2D eigenvalue weighted by Crippen LogP contribution is 2.39. The van der Waals surface area contributed by atoms with Gasteiger partial charge in [0.15, 0.2) is 0 Å². The van der Waals surface area contributed by atoms with Crippen molar-refractivity contribution in [1.29, 1.82) is 0 Å². The lowest BCUT2D eigenvalue weighted by molar-refractivity contribution is 0.148. The normalized spacial score (nSPS) is 17.5. The molecular weight excluding hydrogens is 214 g/mol. The molecule has 4 heteroatoms. The monoisotopic (exact) mass is 228 g/mol. The van der Waals surface area contributed by atoms with Crippen LogP contribution in [0.3, 0.4) is 0 Å². The van der Waals surface area contributed by atoms with E-state index in [-0.39, 0.29) is 18.6 Å². The summed E-state index contributed by atoms with van der Waals surface area (Å²) in [6.07, 6.45) is 1.61. The Hall–Kier alpha value is -1.00. The van der Waals surface area contributed by atoms with E-state index in [0.29, 0.717) is 18.4 Å².